The van der Waals surface area contributed by atoms with Crippen LogP contribution in [0.15, 0.2) is 70.7 Å². The van der Waals surface area contributed by atoms with Crippen LogP contribution >= 0.6 is 11.8 Å². The average molecular weight is 460 g/mol. The minimum atomic E-state index is -4.54. The maximum absolute atomic E-state index is 13.6. The molecule has 0 N–H and O–H groups in total. The molecule has 0 unspecified atom stereocenters. The van der Waals surface area contributed by atoms with Crippen molar-refractivity contribution in [2.75, 3.05) is 11.9 Å². The molecule has 168 valence electrons. The van der Waals surface area contributed by atoms with Gasteiger partial charge in [-0.1, -0.05) is 42.4 Å². The van der Waals surface area contributed by atoms with Gasteiger partial charge in [0.2, 0.25) is 5.95 Å². The normalized spacial score (nSPS) is 14.9. The summed E-state index contributed by atoms with van der Waals surface area (Å²) in [6.07, 6.45) is 2.20. The lowest BCUT2D eigenvalue weighted by Gasteiger charge is -2.24. The fourth-order valence-electron chi connectivity index (χ4n) is 3.65. The molecule has 0 saturated heterocycles. The molecule has 1 aromatic heterocycles. The van der Waals surface area contributed by atoms with Crippen LogP contribution in [0.3, 0.4) is 0 Å². The van der Waals surface area contributed by atoms with E-state index in [1.807, 2.05) is 30.3 Å². The van der Waals surface area contributed by atoms with E-state index >= 15 is 0 Å². The highest BCUT2D eigenvalue weighted by molar-refractivity contribution is 7.99. The Morgan fingerprint density at radius 3 is 2.47 bits per heavy atom. The van der Waals surface area contributed by atoms with Crippen molar-refractivity contribution in [3.63, 3.8) is 0 Å². The van der Waals surface area contributed by atoms with E-state index in [0.717, 1.165) is 42.2 Å². The standard InChI is InChI=1S/C24H24F3N3OS/c1-30(17-9-8-12-19(15-17)31-18-10-4-2-5-11-18)23-28-16-21(24(25,26)27)22(29-23)32-20-13-6-3-7-14-20/h3,6-9,12-16,18H,2,4-5,10-11H2,1H3. The highest BCUT2D eigenvalue weighted by Gasteiger charge is 2.35. The van der Waals surface area contributed by atoms with Gasteiger partial charge in [0.1, 0.15) is 16.3 Å². The zero-order valence-electron chi connectivity index (χ0n) is 17.7. The van der Waals surface area contributed by atoms with Crippen LogP contribution in [0.25, 0.3) is 0 Å². The molecule has 0 aliphatic heterocycles. The number of aromatic nitrogens is 2. The van der Waals surface area contributed by atoms with Gasteiger partial charge in [0, 0.05) is 29.9 Å². The molecular weight excluding hydrogens is 435 g/mol. The van der Waals surface area contributed by atoms with Crippen LogP contribution in [-0.2, 0) is 6.18 Å². The summed E-state index contributed by atoms with van der Waals surface area (Å²) in [7, 11) is 1.74. The van der Waals surface area contributed by atoms with Gasteiger partial charge in [0.25, 0.3) is 0 Å². The van der Waals surface area contributed by atoms with E-state index in [4.69, 9.17) is 4.74 Å². The van der Waals surface area contributed by atoms with Crippen LogP contribution in [0.4, 0.5) is 24.8 Å². The maximum Gasteiger partial charge on any atom is 0.420 e. The molecule has 1 fully saturated rings. The fraction of sp³-hybridized carbons (Fsp3) is 0.333. The van der Waals surface area contributed by atoms with Gasteiger partial charge >= 0.3 is 6.18 Å². The highest BCUT2D eigenvalue weighted by atomic mass is 32.2. The lowest BCUT2D eigenvalue weighted by Crippen LogP contribution is -2.20. The molecule has 2 aromatic carbocycles. The molecule has 1 heterocycles. The Balaban J connectivity index is 1.60. The van der Waals surface area contributed by atoms with E-state index < -0.39 is 11.7 Å². The number of hydrogen-bond acceptors (Lipinski definition) is 5. The average Bonchev–Trinajstić information content (AvgIpc) is 2.79. The maximum atomic E-state index is 13.6. The molecule has 32 heavy (non-hydrogen) atoms. The van der Waals surface area contributed by atoms with Gasteiger partial charge < -0.3 is 9.64 Å². The van der Waals surface area contributed by atoms with Crippen molar-refractivity contribution in [1.29, 1.82) is 0 Å². The lowest BCUT2D eigenvalue weighted by atomic mass is 9.98. The first kappa shape index (κ1) is 22.5. The molecule has 4 nitrogen and oxygen atoms in total. The van der Waals surface area contributed by atoms with Crippen molar-refractivity contribution in [2.45, 2.75) is 54.3 Å². The number of benzene rings is 2. The number of ether oxygens (including phenoxy) is 1. The second-order valence-electron chi connectivity index (χ2n) is 7.74. The summed E-state index contributed by atoms with van der Waals surface area (Å²) in [4.78, 5) is 10.6. The van der Waals surface area contributed by atoms with Gasteiger partial charge in [-0.3, -0.25) is 0 Å². The van der Waals surface area contributed by atoms with E-state index in [-0.39, 0.29) is 17.1 Å². The SMILES string of the molecule is CN(c1cccc(OC2CCCCC2)c1)c1ncc(C(F)(F)F)c(Sc2ccccc2)n1. The zero-order chi connectivity index (χ0) is 22.6. The van der Waals surface area contributed by atoms with Crippen LogP contribution in [0.2, 0.25) is 0 Å². The van der Waals surface area contributed by atoms with E-state index in [1.54, 1.807) is 36.2 Å². The number of hydrogen-bond donors (Lipinski definition) is 0. The first-order chi connectivity index (χ1) is 15.4. The van der Waals surface area contributed by atoms with Crippen molar-refractivity contribution in [2.24, 2.45) is 0 Å². The van der Waals surface area contributed by atoms with Gasteiger partial charge in [-0.05, 0) is 49.9 Å². The van der Waals surface area contributed by atoms with Gasteiger partial charge in [-0.15, -0.1) is 0 Å². The van der Waals surface area contributed by atoms with Crippen molar-refractivity contribution in [3.8, 4) is 5.75 Å². The van der Waals surface area contributed by atoms with Crippen molar-refractivity contribution in [3.05, 3.63) is 66.4 Å². The number of anilines is 2. The number of rotatable bonds is 6. The van der Waals surface area contributed by atoms with Gasteiger partial charge in [-0.2, -0.15) is 13.2 Å². The van der Waals surface area contributed by atoms with E-state index in [2.05, 4.69) is 9.97 Å². The smallest absolute Gasteiger partial charge is 0.420 e. The van der Waals surface area contributed by atoms with Crippen LogP contribution in [-0.4, -0.2) is 23.1 Å². The van der Waals surface area contributed by atoms with Gasteiger partial charge in [0.05, 0.1) is 6.10 Å². The number of nitrogens with zero attached hydrogens (tertiary/aromatic N) is 3. The monoisotopic (exact) mass is 459 g/mol. The minimum absolute atomic E-state index is 0.129. The Labute approximate surface area is 189 Å². The summed E-state index contributed by atoms with van der Waals surface area (Å²) in [6.45, 7) is 0. The molecule has 0 bridgehead atoms. The molecular formula is C24H24F3N3OS. The molecule has 1 aliphatic rings. The summed E-state index contributed by atoms with van der Waals surface area (Å²) in [5.41, 5.74) is -0.105. The second-order valence-corrected chi connectivity index (χ2v) is 8.80. The third kappa shape index (κ3) is 5.54. The summed E-state index contributed by atoms with van der Waals surface area (Å²) in [6, 6.07) is 16.4. The molecule has 0 spiro atoms. The molecule has 0 radical (unpaired) electrons. The van der Waals surface area contributed by atoms with E-state index in [1.165, 1.54) is 19.3 Å². The van der Waals surface area contributed by atoms with Crippen LogP contribution in [0, 0.1) is 0 Å². The second kappa shape index (κ2) is 9.81. The summed E-state index contributed by atoms with van der Waals surface area (Å²) in [5.74, 6) is 0.929. The summed E-state index contributed by atoms with van der Waals surface area (Å²) in [5, 5.41) is -0.129. The van der Waals surface area contributed by atoms with Crippen molar-refractivity contribution in [1.82, 2.24) is 9.97 Å². The summed E-state index contributed by atoms with van der Waals surface area (Å²) < 4.78 is 46.8. The predicted molar refractivity (Wildman–Crippen MR) is 120 cm³/mol. The molecule has 1 saturated carbocycles. The largest absolute Gasteiger partial charge is 0.490 e. The quantitative estimate of drug-likeness (QED) is 0.367. The van der Waals surface area contributed by atoms with Crippen molar-refractivity contribution >= 4 is 23.4 Å². The third-order valence-electron chi connectivity index (χ3n) is 5.36. The Bertz CT molecular complexity index is 1040. The van der Waals surface area contributed by atoms with E-state index in [0.29, 0.717) is 4.90 Å². The van der Waals surface area contributed by atoms with Crippen LogP contribution in [0.5, 0.6) is 5.75 Å². The molecule has 0 amide bonds. The summed E-state index contributed by atoms with van der Waals surface area (Å²) >= 11 is 0.972. The Morgan fingerprint density at radius 1 is 1.00 bits per heavy atom. The van der Waals surface area contributed by atoms with Gasteiger partial charge in [-0.25, -0.2) is 9.97 Å². The Kier molecular flexibility index (Phi) is 6.89. The van der Waals surface area contributed by atoms with Crippen molar-refractivity contribution < 1.29 is 17.9 Å². The Hall–Kier alpha value is -2.74. The van der Waals surface area contributed by atoms with E-state index in [9.17, 15) is 13.2 Å². The number of halogens is 3. The first-order valence-electron chi connectivity index (χ1n) is 10.6. The first-order valence-corrected chi connectivity index (χ1v) is 11.4. The van der Waals surface area contributed by atoms with Crippen LogP contribution < -0.4 is 9.64 Å². The van der Waals surface area contributed by atoms with Gasteiger partial charge in [0.15, 0.2) is 0 Å². The zero-order valence-corrected chi connectivity index (χ0v) is 18.5. The molecule has 3 aromatic rings. The minimum Gasteiger partial charge on any atom is -0.490 e. The number of alkyl halides is 3. The third-order valence-corrected chi connectivity index (χ3v) is 6.38. The molecule has 4 rings (SSSR count). The predicted octanol–water partition coefficient (Wildman–Crippen LogP) is 7.13. The van der Waals surface area contributed by atoms with Crippen LogP contribution in [0.1, 0.15) is 37.7 Å². The topological polar surface area (TPSA) is 38.2 Å². The molecule has 1 aliphatic carbocycles. The fourth-order valence-corrected chi connectivity index (χ4v) is 4.57. The molecule has 0 atom stereocenters. The Morgan fingerprint density at radius 2 is 1.75 bits per heavy atom. The lowest BCUT2D eigenvalue weighted by molar-refractivity contribution is -0.140. The highest BCUT2D eigenvalue weighted by Crippen LogP contribution is 2.39. The molecule has 8 heteroatoms.